The Balaban J connectivity index is 1.54. The van der Waals surface area contributed by atoms with Crippen LogP contribution in [0.25, 0.3) is 0 Å². The van der Waals surface area contributed by atoms with Crippen LogP contribution < -0.4 is 10.6 Å². The predicted octanol–water partition coefficient (Wildman–Crippen LogP) is 3.38. The number of benzene rings is 1. The number of nitrogens with one attached hydrogen (secondary N) is 2. The lowest BCUT2D eigenvalue weighted by molar-refractivity contribution is -0.118. The molecule has 0 unspecified atom stereocenters. The van der Waals surface area contributed by atoms with Crippen LogP contribution in [0.4, 0.5) is 5.13 Å². The Hall–Kier alpha value is -1.29. The largest absolute Gasteiger partial charge is 0.382 e. The van der Waals surface area contributed by atoms with Crippen LogP contribution in [0.15, 0.2) is 39.6 Å². The molecule has 0 spiro atoms. The van der Waals surface area contributed by atoms with E-state index in [1.807, 2.05) is 25.1 Å². The molecule has 2 aromatic rings. The summed E-state index contributed by atoms with van der Waals surface area (Å²) in [5.41, 5.74) is 0. The third-order valence-electron chi connectivity index (χ3n) is 3.12. The zero-order valence-corrected chi connectivity index (χ0v) is 17.2. The normalized spacial score (nSPS) is 10.7. The predicted molar refractivity (Wildman–Crippen MR) is 110 cm³/mol. The van der Waals surface area contributed by atoms with E-state index in [0.29, 0.717) is 12.3 Å². The summed E-state index contributed by atoms with van der Waals surface area (Å²) in [7, 11) is 0. The molecule has 0 aliphatic rings. The summed E-state index contributed by atoms with van der Waals surface area (Å²) in [6, 6.07) is 10.2. The Bertz CT molecular complexity index is 640. The zero-order chi connectivity index (χ0) is 18.5. The first-order chi connectivity index (χ1) is 12.8. The molecule has 0 aliphatic carbocycles. The topological polar surface area (TPSA) is 76.1 Å². The van der Waals surface area contributed by atoms with Crippen LogP contribution in [0, 0.1) is 0 Å². The Morgan fingerprint density at radius 1 is 1.19 bits per heavy atom. The maximum Gasteiger partial charge on any atom is 0.230 e. The average molecular weight is 413 g/mol. The summed E-state index contributed by atoms with van der Waals surface area (Å²) in [5, 5.41) is 15.1. The van der Waals surface area contributed by atoms with E-state index in [1.165, 1.54) is 28.0 Å². The number of thioether (sulfide) groups is 2. The molecule has 1 amide bonds. The van der Waals surface area contributed by atoms with Gasteiger partial charge in [0.25, 0.3) is 0 Å². The molecule has 9 heteroatoms. The van der Waals surface area contributed by atoms with Crippen molar-refractivity contribution in [2.45, 2.75) is 22.6 Å². The van der Waals surface area contributed by atoms with E-state index in [1.54, 1.807) is 11.8 Å². The minimum atomic E-state index is 0.0186. The van der Waals surface area contributed by atoms with Crippen molar-refractivity contribution < 1.29 is 9.53 Å². The number of anilines is 1. The Morgan fingerprint density at radius 3 is 2.85 bits per heavy atom. The number of nitrogens with zero attached hydrogens (tertiary/aromatic N) is 2. The maximum absolute atomic E-state index is 11.9. The van der Waals surface area contributed by atoms with Gasteiger partial charge in [-0.15, -0.1) is 22.0 Å². The van der Waals surface area contributed by atoms with Crippen LogP contribution >= 0.6 is 34.9 Å². The number of amides is 1. The van der Waals surface area contributed by atoms with Gasteiger partial charge < -0.3 is 15.4 Å². The zero-order valence-electron chi connectivity index (χ0n) is 14.8. The minimum absolute atomic E-state index is 0.0186. The van der Waals surface area contributed by atoms with Gasteiger partial charge in [-0.2, -0.15) is 0 Å². The highest BCUT2D eigenvalue weighted by Gasteiger charge is 2.07. The highest BCUT2D eigenvalue weighted by molar-refractivity contribution is 8.01. The number of aromatic nitrogens is 2. The van der Waals surface area contributed by atoms with Gasteiger partial charge in [0.1, 0.15) is 0 Å². The number of carbonyl (C=O) groups excluding carboxylic acids is 1. The van der Waals surface area contributed by atoms with Crippen LogP contribution in [-0.2, 0) is 9.53 Å². The fourth-order valence-electron chi connectivity index (χ4n) is 1.91. The molecule has 0 radical (unpaired) electrons. The van der Waals surface area contributed by atoms with Gasteiger partial charge in [-0.25, -0.2) is 0 Å². The van der Waals surface area contributed by atoms with E-state index in [0.717, 1.165) is 41.4 Å². The maximum atomic E-state index is 11.9. The van der Waals surface area contributed by atoms with Crippen molar-refractivity contribution in [3.8, 4) is 0 Å². The number of hydrogen-bond acceptors (Lipinski definition) is 8. The fraction of sp³-hybridized carbons (Fsp3) is 0.471. The summed E-state index contributed by atoms with van der Waals surface area (Å²) in [6.45, 7) is 4.93. The van der Waals surface area contributed by atoms with E-state index in [2.05, 4.69) is 33.0 Å². The average Bonchev–Trinajstić information content (AvgIpc) is 3.12. The first-order valence-electron chi connectivity index (χ1n) is 8.50. The Kier molecular flexibility index (Phi) is 10.5. The molecule has 2 N–H and O–H groups in total. The number of hydrogen-bond donors (Lipinski definition) is 2. The third-order valence-corrected chi connectivity index (χ3v) is 6.14. The van der Waals surface area contributed by atoms with Gasteiger partial charge in [0.05, 0.1) is 5.75 Å². The summed E-state index contributed by atoms with van der Waals surface area (Å²) in [5.74, 6) is 1.23. The van der Waals surface area contributed by atoms with Gasteiger partial charge in [-0.1, -0.05) is 41.3 Å². The molecule has 0 saturated carbocycles. The summed E-state index contributed by atoms with van der Waals surface area (Å²) in [4.78, 5) is 13.1. The van der Waals surface area contributed by atoms with Crippen LogP contribution in [-0.4, -0.2) is 53.9 Å². The number of ether oxygens (including phenoxy) is 1. The van der Waals surface area contributed by atoms with E-state index in [-0.39, 0.29) is 5.91 Å². The Labute approximate surface area is 166 Å². The highest BCUT2D eigenvalue weighted by Crippen LogP contribution is 2.25. The van der Waals surface area contributed by atoms with E-state index in [4.69, 9.17) is 4.74 Å². The lowest BCUT2D eigenvalue weighted by atomic mass is 10.4. The second kappa shape index (κ2) is 13.0. The monoisotopic (exact) mass is 412 g/mol. The van der Waals surface area contributed by atoms with Gasteiger partial charge in [-0.05, 0) is 25.5 Å². The molecule has 0 fully saturated rings. The standard InChI is InChI=1S/C17H24N4O2S3/c1-2-23-11-6-9-19-16-20-21-17(26-16)25-13-15(22)18-10-12-24-14-7-4-3-5-8-14/h3-5,7-8H,2,6,9-13H2,1H3,(H,18,22)(H,19,20). The van der Waals surface area contributed by atoms with Crippen LogP contribution in [0.2, 0.25) is 0 Å². The molecule has 1 aromatic heterocycles. The highest BCUT2D eigenvalue weighted by atomic mass is 32.2. The number of carbonyl (C=O) groups is 1. The van der Waals surface area contributed by atoms with Gasteiger partial charge in [-0.3, -0.25) is 4.79 Å². The lowest BCUT2D eigenvalue weighted by Crippen LogP contribution is -2.27. The van der Waals surface area contributed by atoms with Crippen molar-refractivity contribution in [3.05, 3.63) is 30.3 Å². The van der Waals surface area contributed by atoms with Gasteiger partial charge >= 0.3 is 0 Å². The molecule has 142 valence electrons. The van der Waals surface area contributed by atoms with Crippen molar-refractivity contribution in [1.29, 1.82) is 0 Å². The molecule has 1 aromatic carbocycles. The van der Waals surface area contributed by atoms with Crippen LogP contribution in [0.3, 0.4) is 0 Å². The molecule has 0 bridgehead atoms. The van der Waals surface area contributed by atoms with E-state index >= 15 is 0 Å². The van der Waals surface area contributed by atoms with Crippen molar-refractivity contribution in [2.24, 2.45) is 0 Å². The second-order valence-electron chi connectivity index (χ2n) is 5.15. The smallest absolute Gasteiger partial charge is 0.230 e. The number of rotatable bonds is 13. The third kappa shape index (κ3) is 8.88. The SMILES string of the molecule is CCOCCCNc1nnc(SCC(=O)NCCSc2ccccc2)s1. The minimum Gasteiger partial charge on any atom is -0.382 e. The van der Waals surface area contributed by atoms with Gasteiger partial charge in [0, 0.05) is 37.0 Å². The van der Waals surface area contributed by atoms with Gasteiger partial charge in [0.15, 0.2) is 4.34 Å². The van der Waals surface area contributed by atoms with Crippen molar-refractivity contribution in [1.82, 2.24) is 15.5 Å². The van der Waals surface area contributed by atoms with Crippen molar-refractivity contribution in [3.63, 3.8) is 0 Å². The summed E-state index contributed by atoms with van der Waals surface area (Å²) < 4.78 is 6.08. The quantitative estimate of drug-likeness (QED) is 0.386. The van der Waals surface area contributed by atoms with E-state index < -0.39 is 0 Å². The molecule has 1 heterocycles. The van der Waals surface area contributed by atoms with Crippen molar-refractivity contribution >= 4 is 45.9 Å². The first kappa shape index (κ1) is 21.0. The molecule has 0 atom stereocenters. The second-order valence-corrected chi connectivity index (χ2v) is 8.52. The summed E-state index contributed by atoms with van der Waals surface area (Å²) >= 11 is 4.62. The van der Waals surface area contributed by atoms with Crippen molar-refractivity contribution in [2.75, 3.05) is 43.1 Å². The molecular weight excluding hydrogens is 388 g/mol. The molecule has 6 nitrogen and oxygen atoms in total. The van der Waals surface area contributed by atoms with Gasteiger partial charge in [0.2, 0.25) is 11.0 Å². The summed E-state index contributed by atoms with van der Waals surface area (Å²) in [6.07, 6.45) is 0.930. The van der Waals surface area contributed by atoms with E-state index in [9.17, 15) is 4.79 Å². The molecule has 0 aliphatic heterocycles. The van der Waals surface area contributed by atoms with Crippen LogP contribution in [0.1, 0.15) is 13.3 Å². The molecular formula is C17H24N4O2S3. The first-order valence-corrected chi connectivity index (χ1v) is 11.3. The molecule has 0 saturated heterocycles. The molecule has 26 heavy (non-hydrogen) atoms. The fourth-order valence-corrected chi connectivity index (χ4v) is 4.30. The Morgan fingerprint density at radius 2 is 2.04 bits per heavy atom. The lowest BCUT2D eigenvalue weighted by Gasteiger charge is -2.04. The molecule has 2 rings (SSSR count). The van der Waals surface area contributed by atoms with Crippen LogP contribution in [0.5, 0.6) is 0 Å².